The Hall–Kier alpha value is -1.12. The Bertz CT molecular complexity index is 324. The highest BCUT2D eigenvalue weighted by atomic mass is 16.5. The van der Waals surface area contributed by atoms with E-state index in [1.807, 2.05) is 51.1 Å². The lowest BCUT2D eigenvalue weighted by Crippen LogP contribution is -2.30. The van der Waals surface area contributed by atoms with Gasteiger partial charge in [-0.05, 0) is 26.3 Å². The maximum absolute atomic E-state index is 10.1. The van der Waals surface area contributed by atoms with E-state index in [1.165, 1.54) is 0 Å². The second-order valence-corrected chi connectivity index (χ2v) is 4.79. The molecule has 0 radical (unpaired) electrons. The first-order chi connectivity index (χ1) is 7.44. The highest BCUT2D eigenvalue weighted by molar-refractivity contribution is 5.19. The van der Waals surface area contributed by atoms with Crippen LogP contribution >= 0.6 is 0 Å². The summed E-state index contributed by atoms with van der Waals surface area (Å²) in [5.74, 6) is 0. The number of benzene rings is 1. The van der Waals surface area contributed by atoms with Crippen molar-refractivity contribution in [2.75, 3.05) is 0 Å². The van der Waals surface area contributed by atoms with Gasteiger partial charge in [0.2, 0.25) is 0 Å². The van der Waals surface area contributed by atoms with Crippen LogP contribution in [-0.4, -0.2) is 16.8 Å². The Morgan fingerprint density at radius 3 is 2.25 bits per heavy atom. The molecule has 88 valence electrons. The second kappa shape index (κ2) is 5.28. The number of aliphatic hydroxyl groups is 1. The van der Waals surface area contributed by atoms with Crippen molar-refractivity contribution in [1.29, 1.82) is 0 Å². The summed E-state index contributed by atoms with van der Waals surface area (Å²) in [5.41, 5.74) is 0.547. The first-order valence-corrected chi connectivity index (χ1v) is 5.47. The summed E-state index contributed by atoms with van der Waals surface area (Å²) >= 11 is 0. The van der Waals surface area contributed by atoms with E-state index in [0.29, 0.717) is 0 Å². The molecule has 0 saturated carbocycles. The van der Waals surface area contributed by atoms with E-state index in [-0.39, 0.29) is 11.7 Å². The van der Waals surface area contributed by atoms with Crippen LogP contribution in [0.5, 0.6) is 0 Å². The molecule has 1 aromatic rings. The van der Waals surface area contributed by atoms with Crippen LogP contribution in [-0.2, 0) is 4.74 Å². The summed E-state index contributed by atoms with van der Waals surface area (Å²) in [6.45, 7) is 9.59. The maximum atomic E-state index is 10.1. The fourth-order valence-electron chi connectivity index (χ4n) is 1.49. The lowest BCUT2D eigenvalue weighted by Gasteiger charge is -2.28. The Balaban J connectivity index is 2.78. The van der Waals surface area contributed by atoms with E-state index in [2.05, 4.69) is 6.58 Å². The molecule has 0 spiro atoms. The molecule has 0 aliphatic carbocycles. The van der Waals surface area contributed by atoms with Crippen molar-refractivity contribution in [3.05, 3.63) is 48.6 Å². The first-order valence-electron chi connectivity index (χ1n) is 5.47. The average Bonchev–Trinajstić information content (AvgIpc) is 2.25. The Kier molecular flexibility index (Phi) is 4.27. The number of aliphatic hydroxyl groups excluding tert-OH is 1. The van der Waals surface area contributed by atoms with Crippen molar-refractivity contribution in [3.8, 4) is 0 Å². The second-order valence-electron chi connectivity index (χ2n) is 4.79. The molecule has 0 heterocycles. The van der Waals surface area contributed by atoms with Gasteiger partial charge in [-0.1, -0.05) is 36.4 Å². The standard InChI is InChI=1S/C14H20O2/c1-5-12(16-14(2,3)4)13(15)11-9-7-6-8-10-11/h5-10,12-13,15H,1H2,2-4H3. The largest absolute Gasteiger partial charge is 0.385 e. The lowest BCUT2D eigenvalue weighted by molar-refractivity contribution is -0.0891. The van der Waals surface area contributed by atoms with Crippen molar-refractivity contribution >= 4 is 0 Å². The predicted octanol–water partition coefficient (Wildman–Crippen LogP) is 3.09. The minimum absolute atomic E-state index is 0.297. The summed E-state index contributed by atoms with van der Waals surface area (Å²) in [6, 6.07) is 9.48. The minimum Gasteiger partial charge on any atom is -0.385 e. The molecule has 1 N–H and O–H groups in total. The van der Waals surface area contributed by atoms with E-state index in [0.717, 1.165) is 5.56 Å². The molecule has 0 amide bonds. The molecule has 0 aliphatic heterocycles. The molecule has 0 saturated heterocycles. The van der Waals surface area contributed by atoms with Crippen LogP contribution < -0.4 is 0 Å². The van der Waals surface area contributed by atoms with Crippen molar-refractivity contribution in [2.45, 2.75) is 38.6 Å². The molecular formula is C14H20O2. The van der Waals surface area contributed by atoms with Crippen molar-refractivity contribution in [3.63, 3.8) is 0 Å². The zero-order chi connectivity index (χ0) is 12.2. The van der Waals surface area contributed by atoms with E-state index in [9.17, 15) is 5.11 Å². The molecule has 0 bridgehead atoms. The molecule has 0 aromatic heterocycles. The maximum Gasteiger partial charge on any atom is 0.109 e. The molecule has 1 aromatic carbocycles. The summed E-state index contributed by atoms with van der Waals surface area (Å²) in [6.07, 6.45) is 0.587. The molecule has 16 heavy (non-hydrogen) atoms. The third kappa shape index (κ3) is 3.80. The van der Waals surface area contributed by atoms with Gasteiger partial charge in [-0.25, -0.2) is 0 Å². The van der Waals surface area contributed by atoms with Gasteiger partial charge in [-0.3, -0.25) is 0 Å². The molecule has 2 atom stereocenters. The Labute approximate surface area is 97.6 Å². The van der Waals surface area contributed by atoms with Gasteiger partial charge < -0.3 is 9.84 Å². The first kappa shape index (κ1) is 12.9. The monoisotopic (exact) mass is 220 g/mol. The zero-order valence-corrected chi connectivity index (χ0v) is 10.2. The number of hydrogen-bond acceptors (Lipinski definition) is 2. The quantitative estimate of drug-likeness (QED) is 0.790. The Morgan fingerprint density at radius 2 is 1.81 bits per heavy atom. The summed E-state index contributed by atoms with van der Waals surface area (Å²) in [4.78, 5) is 0. The average molecular weight is 220 g/mol. The van der Waals surface area contributed by atoms with Crippen molar-refractivity contribution in [1.82, 2.24) is 0 Å². The van der Waals surface area contributed by atoms with Gasteiger partial charge in [0, 0.05) is 0 Å². The van der Waals surface area contributed by atoms with Crippen LogP contribution in [0.3, 0.4) is 0 Å². The van der Waals surface area contributed by atoms with E-state index < -0.39 is 6.10 Å². The molecule has 2 unspecified atom stereocenters. The molecule has 0 aliphatic rings. The van der Waals surface area contributed by atoms with Gasteiger partial charge >= 0.3 is 0 Å². The highest BCUT2D eigenvalue weighted by Crippen LogP contribution is 2.23. The number of hydrogen-bond donors (Lipinski definition) is 1. The van der Waals surface area contributed by atoms with Crippen LogP contribution in [0.25, 0.3) is 0 Å². The zero-order valence-electron chi connectivity index (χ0n) is 10.2. The molecule has 2 heteroatoms. The molecule has 1 rings (SSSR count). The summed E-state index contributed by atoms with van der Waals surface area (Å²) in [5, 5.41) is 10.1. The lowest BCUT2D eigenvalue weighted by atomic mass is 10.0. The van der Waals surface area contributed by atoms with Crippen molar-refractivity contribution < 1.29 is 9.84 Å². The number of rotatable bonds is 4. The minimum atomic E-state index is -0.669. The van der Waals surface area contributed by atoms with Crippen molar-refractivity contribution in [2.24, 2.45) is 0 Å². The van der Waals surface area contributed by atoms with Crippen LogP contribution in [0.15, 0.2) is 43.0 Å². The summed E-state index contributed by atoms with van der Waals surface area (Å²) in [7, 11) is 0. The van der Waals surface area contributed by atoms with E-state index >= 15 is 0 Å². The van der Waals surface area contributed by atoms with Crippen LogP contribution in [0.4, 0.5) is 0 Å². The third-order valence-corrected chi connectivity index (χ3v) is 2.17. The van der Waals surface area contributed by atoms with Gasteiger partial charge in [0.25, 0.3) is 0 Å². The fraction of sp³-hybridized carbons (Fsp3) is 0.429. The normalized spacial score (nSPS) is 15.5. The third-order valence-electron chi connectivity index (χ3n) is 2.17. The van der Waals surface area contributed by atoms with Crippen LogP contribution in [0.1, 0.15) is 32.4 Å². The van der Waals surface area contributed by atoms with Crippen LogP contribution in [0.2, 0.25) is 0 Å². The van der Waals surface area contributed by atoms with Gasteiger partial charge in [0.1, 0.15) is 12.2 Å². The smallest absolute Gasteiger partial charge is 0.109 e. The Morgan fingerprint density at radius 1 is 1.25 bits per heavy atom. The topological polar surface area (TPSA) is 29.5 Å². The van der Waals surface area contributed by atoms with Gasteiger partial charge in [0.05, 0.1) is 5.60 Å². The highest BCUT2D eigenvalue weighted by Gasteiger charge is 2.23. The van der Waals surface area contributed by atoms with Crippen LogP contribution in [0, 0.1) is 0 Å². The van der Waals surface area contributed by atoms with Gasteiger partial charge in [-0.2, -0.15) is 0 Å². The molecule has 0 fully saturated rings. The molecular weight excluding hydrogens is 200 g/mol. The SMILES string of the molecule is C=CC(OC(C)(C)C)C(O)c1ccccc1. The predicted molar refractivity (Wildman–Crippen MR) is 66.2 cm³/mol. The number of ether oxygens (including phenoxy) is 1. The van der Waals surface area contributed by atoms with Gasteiger partial charge in [-0.15, -0.1) is 6.58 Å². The van der Waals surface area contributed by atoms with E-state index in [4.69, 9.17) is 4.74 Å². The van der Waals surface area contributed by atoms with E-state index in [1.54, 1.807) is 6.08 Å². The molecule has 2 nitrogen and oxygen atoms in total. The fourth-order valence-corrected chi connectivity index (χ4v) is 1.49. The van der Waals surface area contributed by atoms with Gasteiger partial charge in [0.15, 0.2) is 0 Å². The summed E-state index contributed by atoms with van der Waals surface area (Å²) < 4.78 is 5.74.